The van der Waals surface area contributed by atoms with Crippen LogP contribution in [0.5, 0.6) is 0 Å². The Balaban J connectivity index is 2.47. The van der Waals surface area contributed by atoms with Crippen molar-refractivity contribution >= 4 is 17.0 Å². The summed E-state index contributed by atoms with van der Waals surface area (Å²) in [5, 5.41) is 16.1. The zero-order chi connectivity index (χ0) is 12.4. The van der Waals surface area contributed by atoms with E-state index in [1.165, 1.54) is 23.5 Å². The Morgan fingerprint density at radius 3 is 2.53 bits per heavy atom. The molecule has 0 amide bonds. The van der Waals surface area contributed by atoms with Crippen molar-refractivity contribution in [1.29, 1.82) is 0 Å². The van der Waals surface area contributed by atoms with Crippen LogP contribution in [0.1, 0.15) is 0 Å². The number of nitro groups is 1. The Morgan fingerprint density at radius 1 is 1.41 bits per heavy atom. The Bertz CT molecular complexity index is 612. The zero-order valence-corrected chi connectivity index (χ0v) is 9.85. The molecule has 6 nitrogen and oxygen atoms in total. The van der Waals surface area contributed by atoms with Gasteiger partial charge in [0.1, 0.15) is 0 Å². The normalized spacial score (nSPS) is 11.7. The largest absolute Gasteiger partial charge is 0.320 e. The smallest absolute Gasteiger partial charge is 0.269 e. The highest BCUT2D eigenvalue weighted by atomic mass is 32.1. The number of thiazole rings is 1. The van der Waals surface area contributed by atoms with Crippen LogP contribution in [0.2, 0.25) is 0 Å². The van der Waals surface area contributed by atoms with Gasteiger partial charge in [-0.3, -0.25) is 10.1 Å². The number of nitrogens with zero attached hydrogens (tertiary/aromatic N) is 3. The Hall–Kier alpha value is -2.15. The van der Waals surface area contributed by atoms with Crippen LogP contribution in [-0.4, -0.2) is 9.49 Å². The molecule has 0 spiro atoms. The lowest BCUT2D eigenvalue weighted by Crippen LogP contribution is -2.13. The second kappa shape index (κ2) is 4.38. The van der Waals surface area contributed by atoms with Gasteiger partial charge in [-0.25, -0.2) is 0 Å². The van der Waals surface area contributed by atoms with Gasteiger partial charge >= 0.3 is 0 Å². The van der Waals surface area contributed by atoms with Crippen LogP contribution in [-0.2, 0) is 7.05 Å². The molecule has 2 rings (SSSR count). The first-order chi connectivity index (χ1) is 8.13. The third kappa shape index (κ3) is 2.04. The first kappa shape index (κ1) is 11.3. The molecule has 0 radical (unpaired) electrons. The summed E-state index contributed by atoms with van der Waals surface area (Å²) in [6.45, 7) is 0. The topological polar surface area (TPSA) is 86.4 Å². The molecule has 17 heavy (non-hydrogen) atoms. The maximum absolute atomic E-state index is 10.5. The summed E-state index contributed by atoms with van der Waals surface area (Å²) in [5.74, 6) is 5.23. The molecule has 0 unspecified atom stereocenters. The van der Waals surface area contributed by atoms with Crippen molar-refractivity contribution < 1.29 is 4.92 Å². The van der Waals surface area contributed by atoms with Gasteiger partial charge in [-0.05, 0) is 17.7 Å². The highest BCUT2D eigenvalue weighted by Gasteiger charge is 2.08. The third-order valence-electron chi connectivity index (χ3n) is 2.41. The summed E-state index contributed by atoms with van der Waals surface area (Å²) in [6.07, 6.45) is 0. The molecule has 0 aliphatic heterocycles. The van der Waals surface area contributed by atoms with Crippen LogP contribution >= 0.6 is 11.3 Å². The summed E-state index contributed by atoms with van der Waals surface area (Å²) < 4.78 is 1.84. The van der Waals surface area contributed by atoms with Crippen LogP contribution in [0.15, 0.2) is 34.7 Å². The maximum atomic E-state index is 10.5. The van der Waals surface area contributed by atoms with Crippen molar-refractivity contribution in [3.05, 3.63) is 44.6 Å². The number of nitrogens with two attached hydrogens (primary N) is 1. The first-order valence-corrected chi connectivity index (χ1v) is 5.64. The van der Waals surface area contributed by atoms with Gasteiger partial charge in [0, 0.05) is 24.6 Å². The number of nitro benzene ring substituents is 1. The van der Waals surface area contributed by atoms with Gasteiger partial charge in [-0.1, -0.05) is 0 Å². The lowest BCUT2D eigenvalue weighted by Gasteiger charge is -2.01. The summed E-state index contributed by atoms with van der Waals surface area (Å²) in [5.41, 5.74) is 1.90. The van der Waals surface area contributed by atoms with Gasteiger partial charge in [0.05, 0.1) is 10.6 Å². The standard InChI is InChI=1S/C10H10N4O2S/c1-13-9(6-17-10(13)12-11)7-2-4-8(5-3-7)14(15)16/h2-6H,11H2,1H3/b12-10-. The Labute approximate surface area is 101 Å². The van der Waals surface area contributed by atoms with Gasteiger partial charge in [-0.15, -0.1) is 11.3 Å². The van der Waals surface area contributed by atoms with E-state index >= 15 is 0 Å². The first-order valence-electron chi connectivity index (χ1n) is 4.76. The molecule has 0 atom stereocenters. The Kier molecular flexibility index (Phi) is 2.92. The fourth-order valence-corrected chi connectivity index (χ4v) is 2.33. The predicted octanol–water partition coefficient (Wildman–Crippen LogP) is 1.44. The highest BCUT2D eigenvalue weighted by Crippen LogP contribution is 2.22. The molecular weight excluding hydrogens is 240 g/mol. The molecule has 2 N–H and O–H groups in total. The van der Waals surface area contributed by atoms with Crippen molar-refractivity contribution in [3.8, 4) is 11.3 Å². The number of benzene rings is 1. The van der Waals surface area contributed by atoms with Crippen molar-refractivity contribution in [2.24, 2.45) is 18.0 Å². The van der Waals surface area contributed by atoms with E-state index in [4.69, 9.17) is 5.84 Å². The number of hydrogen-bond acceptors (Lipinski definition) is 5. The van der Waals surface area contributed by atoms with Crippen molar-refractivity contribution in [2.45, 2.75) is 0 Å². The highest BCUT2D eigenvalue weighted by molar-refractivity contribution is 7.07. The van der Waals surface area contributed by atoms with Gasteiger partial charge in [0.2, 0.25) is 4.80 Å². The lowest BCUT2D eigenvalue weighted by atomic mass is 10.1. The van der Waals surface area contributed by atoms with E-state index in [-0.39, 0.29) is 5.69 Å². The van der Waals surface area contributed by atoms with Crippen LogP contribution in [0.25, 0.3) is 11.3 Å². The van der Waals surface area contributed by atoms with E-state index in [0.29, 0.717) is 4.80 Å². The van der Waals surface area contributed by atoms with Gasteiger partial charge in [0.25, 0.3) is 5.69 Å². The van der Waals surface area contributed by atoms with Crippen molar-refractivity contribution in [3.63, 3.8) is 0 Å². The molecule has 1 heterocycles. The molecule has 1 aromatic carbocycles. The van der Waals surface area contributed by atoms with E-state index in [1.807, 2.05) is 17.0 Å². The van der Waals surface area contributed by atoms with Crippen molar-refractivity contribution in [2.75, 3.05) is 0 Å². The van der Waals surface area contributed by atoms with E-state index in [2.05, 4.69) is 5.10 Å². The molecular formula is C10H10N4O2S. The second-order valence-corrected chi connectivity index (χ2v) is 4.23. The minimum atomic E-state index is -0.419. The van der Waals surface area contributed by atoms with E-state index in [0.717, 1.165) is 11.3 Å². The fourth-order valence-electron chi connectivity index (χ4n) is 1.50. The molecule has 0 saturated carbocycles. The number of aromatic nitrogens is 1. The lowest BCUT2D eigenvalue weighted by molar-refractivity contribution is -0.384. The SMILES string of the molecule is Cn1c(-c2ccc([N+](=O)[O-])cc2)cs/c1=N\N. The second-order valence-electron chi connectivity index (χ2n) is 3.40. The summed E-state index contributed by atoms with van der Waals surface area (Å²) in [7, 11) is 1.85. The van der Waals surface area contributed by atoms with E-state index < -0.39 is 4.92 Å². The summed E-state index contributed by atoms with van der Waals surface area (Å²) in [4.78, 5) is 10.8. The van der Waals surface area contributed by atoms with Crippen LogP contribution in [0.4, 0.5) is 5.69 Å². The predicted molar refractivity (Wildman–Crippen MR) is 65.1 cm³/mol. The van der Waals surface area contributed by atoms with Crippen LogP contribution < -0.4 is 10.6 Å². The number of non-ortho nitro benzene ring substituents is 1. The third-order valence-corrected chi connectivity index (χ3v) is 3.34. The number of rotatable bonds is 2. The van der Waals surface area contributed by atoms with Crippen LogP contribution in [0.3, 0.4) is 0 Å². The van der Waals surface area contributed by atoms with E-state index in [9.17, 15) is 10.1 Å². The number of hydrogen-bond donors (Lipinski definition) is 1. The van der Waals surface area contributed by atoms with Crippen molar-refractivity contribution in [1.82, 2.24) is 4.57 Å². The zero-order valence-electron chi connectivity index (χ0n) is 9.03. The molecule has 88 valence electrons. The molecule has 0 aliphatic carbocycles. The minimum absolute atomic E-state index is 0.0790. The average molecular weight is 250 g/mol. The molecule has 7 heteroatoms. The molecule has 0 fully saturated rings. The molecule has 0 bridgehead atoms. The molecule has 1 aromatic heterocycles. The Morgan fingerprint density at radius 2 is 2.06 bits per heavy atom. The quantitative estimate of drug-likeness (QED) is 0.497. The van der Waals surface area contributed by atoms with Gasteiger partial charge in [-0.2, -0.15) is 5.10 Å². The molecule has 2 aromatic rings. The summed E-state index contributed by atoms with van der Waals surface area (Å²) >= 11 is 1.42. The maximum Gasteiger partial charge on any atom is 0.269 e. The molecule has 0 aliphatic rings. The minimum Gasteiger partial charge on any atom is -0.320 e. The average Bonchev–Trinajstić information content (AvgIpc) is 2.70. The molecule has 0 saturated heterocycles. The monoisotopic (exact) mass is 250 g/mol. The fraction of sp³-hybridized carbons (Fsp3) is 0.100. The van der Waals surface area contributed by atoms with Gasteiger partial charge < -0.3 is 10.4 Å². The van der Waals surface area contributed by atoms with E-state index in [1.54, 1.807) is 12.1 Å². The summed E-state index contributed by atoms with van der Waals surface area (Å²) in [6, 6.07) is 6.37. The van der Waals surface area contributed by atoms with Gasteiger partial charge in [0.15, 0.2) is 0 Å². The van der Waals surface area contributed by atoms with Crippen LogP contribution in [0, 0.1) is 10.1 Å².